The van der Waals surface area contributed by atoms with Crippen LogP contribution in [-0.4, -0.2) is 69.0 Å². The number of fused-ring (bicyclic) bond motifs is 1. The Kier molecular flexibility index (Phi) is 7.17. The summed E-state index contributed by atoms with van der Waals surface area (Å²) in [4.78, 5) is 36.9. The summed E-state index contributed by atoms with van der Waals surface area (Å²) < 4.78 is 33.3. The van der Waals surface area contributed by atoms with Gasteiger partial charge in [-0.05, 0) is 62.2 Å². The number of hydrogen-bond acceptors (Lipinski definition) is 6. The summed E-state index contributed by atoms with van der Waals surface area (Å²) in [6.45, 7) is 1.96. The van der Waals surface area contributed by atoms with Crippen LogP contribution in [-0.2, 0) is 13.6 Å². The minimum absolute atomic E-state index is 0.0101. The van der Waals surface area contributed by atoms with Crippen LogP contribution in [0.5, 0.6) is 0 Å². The molecule has 0 saturated carbocycles. The maximum absolute atomic E-state index is 14.9. The van der Waals surface area contributed by atoms with Crippen LogP contribution in [0.4, 0.5) is 14.6 Å². The number of hydrogen-bond donors (Lipinski definition) is 1. The lowest BCUT2D eigenvalue weighted by Crippen LogP contribution is -2.33. The first kappa shape index (κ1) is 26.5. The zero-order valence-electron chi connectivity index (χ0n) is 22.4. The number of amides is 1. The maximum atomic E-state index is 14.9. The highest BCUT2D eigenvalue weighted by molar-refractivity contribution is 5.94. The van der Waals surface area contributed by atoms with Crippen molar-refractivity contribution in [1.29, 1.82) is 0 Å². The summed E-state index contributed by atoms with van der Waals surface area (Å²) >= 11 is 0. The fraction of sp³-hybridized carbons (Fsp3) is 0.357. The van der Waals surface area contributed by atoms with Gasteiger partial charge < -0.3 is 14.8 Å². The number of carbonyl (C=O) groups excluding carboxylic acids is 1. The summed E-state index contributed by atoms with van der Waals surface area (Å²) in [6, 6.07) is 7.84. The first-order chi connectivity index (χ1) is 18.7. The quantitative estimate of drug-likeness (QED) is 0.407. The number of halogens is 2. The minimum Gasteiger partial charge on any atom is -0.373 e. The Morgan fingerprint density at radius 3 is 2.44 bits per heavy atom. The molecule has 0 atom stereocenters. The molecule has 9 nitrogen and oxygen atoms in total. The highest BCUT2D eigenvalue weighted by Crippen LogP contribution is 2.33. The molecule has 1 fully saturated rings. The number of aromatic nitrogens is 4. The molecule has 1 amide bonds. The summed E-state index contributed by atoms with van der Waals surface area (Å²) in [7, 11) is 6.74. The summed E-state index contributed by atoms with van der Waals surface area (Å²) in [6.07, 6.45) is 4.56. The van der Waals surface area contributed by atoms with Crippen LogP contribution >= 0.6 is 0 Å². The second-order valence-electron chi connectivity index (χ2n) is 10.1. The van der Waals surface area contributed by atoms with E-state index in [2.05, 4.69) is 20.2 Å². The number of piperidine rings is 1. The predicted molar refractivity (Wildman–Crippen MR) is 145 cm³/mol. The van der Waals surface area contributed by atoms with Gasteiger partial charge in [0.15, 0.2) is 0 Å². The van der Waals surface area contributed by atoms with Gasteiger partial charge in [0.25, 0.3) is 5.91 Å². The van der Waals surface area contributed by atoms with Gasteiger partial charge >= 0.3 is 5.69 Å². The van der Waals surface area contributed by atoms with E-state index in [9.17, 15) is 18.4 Å². The molecule has 0 aliphatic carbocycles. The van der Waals surface area contributed by atoms with Gasteiger partial charge in [-0.15, -0.1) is 0 Å². The molecule has 1 saturated heterocycles. The Bertz CT molecular complexity index is 1580. The van der Waals surface area contributed by atoms with Crippen molar-refractivity contribution in [1.82, 2.24) is 28.9 Å². The second kappa shape index (κ2) is 10.6. The lowest BCUT2D eigenvalue weighted by atomic mass is 9.88. The van der Waals surface area contributed by atoms with Crippen LogP contribution in [0.3, 0.4) is 0 Å². The molecule has 0 unspecified atom stereocenters. The van der Waals surface area contributed by atoms with Crippen molar-refractivity contribution in [3.63, 3.8) is 0 Å². The van der Waals surface area contributed by atoms with Crippen molar-refractivity contribution in [2.75, 3.05) is 39.5 Å². The molecule has 1 aliphatic heterocycles. The molecular formula is C28H31F2N7O2. The van der Waals surface area contributed by atoms with Gasteiger partial charge in [0.05, 0.1) is 5.69 Å². The van der Waals surface area contributed by atoms with Gasteiger partial charge in [-0.2, -0.15) is 4.98 Å². The number of pyridine rings is 1. The van der Waals surface area contributed by atoms with E-state index in [0.29, 0.717) is 44.0 Å². The highest BCUT2D eigenvalue weighted by Gasteiger charge is 2.28. The largest absolute Gasteiger partial charge is 0.373 e. The topological polar surface area (TPSA) is 88.3 Å². The highest BCUT2D eigenvalue weighted by atomic mass is 19.1. The van der Waals surface area contributed by atoms with Gasteiger partial charge in [0.2, 0.25) is 0 Å². The van der Waals surface area contributed by atoms with Crippen LogP contribution in [0.1, 0.15) is 40.4 Å². The number of nitrogens with zero attached hydrogens (tertiary/aromatic N) is 6. The van der Waals surface area contributed by atoms with E-state index in [-0.39, 0.29) is 22.7 Å². The SMILES string of the molecule is CNc1ccn(-c2ccnc3c2cc(CN2CCC(c4c(F)cc(C(=O)N(C)C)cc4F)CC2)n3C)c(=O)n1. The van der Waals surface area contributed by atoms with Gasteiger partial charge in [-0.1, -0.05) is 0 Å². The Morgan fingerprint density at radius 2 is 1.82 bits per heavy atom. The second-order valence-corrected chi connectivity index (χ2v) is 10.1. The molecule has 1 aliphatic rings. The van der Waals surface area contributed by atoms with Crippen LogP contribution in [0.25, 0.3) is 16.7 Å². The number of nitrogens with one attached hydrogen (secondary N) is 1. The zero-order chi connectivity index (χ0) is 27.8. The number of aryl methyl sites for hydroxylation is 1. The van der Waals surface area contributed by atoms with E-state index >= 15 is 0 Å². The lowest BCUT2D eigenvalue weighted by molar-refractivity contribution is 0.0826. The number of anilines is 1. The normalized spacial score (nSPS) is 14.6. The van der Waals surface area contributed by atoms with Crippen molar-refractivity contribution in [3.8, 4) is 5.69 Å². The van der Waals surface area contributed by atoms with Crippen molar-refractivity contribution in [3.05, 3.63) is 81.7 Å². The molecule has 0 radical (unpaired) electrons. The average molecular weight is 536 g/mol. The van der Waals surface area contributed by atoms with E-state index in [1.165, 1.54) is 9.47 Å². The first-order valence-electron chi connectivity index (χ1n) is 12.8. The summed E-state index contributed by atoms with van der Waals surface area (Å²) in [5.74, 6) is -1.53. The molecule has 1 aromatic carbocycles. The van der Waals surface area contributed by atoms with Crippen LogP contribution < -0.4 is 11.0 Å². The van der Waals surface area contributed by atoms with Crippen molar-refractivity contribution >= 4 is 22.8 Å². The monoisotopic (exact) mass is 535 g/mol. The van der Waals surface area contributed by atoms with Gasteiger partial charge in [-0.25, -0.2) is 18.6 Å². The third-order valence-electron chi connectivity index (χ3n) is 7.44. The van der Waals surface area contributed by atoms with Crippen LogP contribution in [0, 0.1) is 11.6 Å². The van der Waals surface area contributed by atoms with Gasteiger partial charge in [0, 0.05) is 69.3 Å². The summed E-state index contributed by atoms with van der Waals surface area (Å²) in [5, 5.41) is 3.71. The van der Waals surface area contributed by atoms with E-state index in [1.54, 1.807) is 45.7 Å². The molecule has 0 bridgehead atoms. The molecule has 5 rings (SSSR count). The zero-order valence-corrected chi connectivity index (χ0v) is 22.4. The number of carbonyl (C=O) groups is 1. The van der Waals surface area contributed by atoms with Crippen molar-refractivity contribution in [2.45, 2.75) is 25.3 Å². The third-order valence-corrected chi connectivity index (χ3v) is 7.44. The molecule has 1 N–H and O–H groups in total. The van der Waals surface area contributed by atoms with E-state index in [0.717, 1.165) is 28.9 Å². The van der Waals surface area contributed by atoms with E-state index in [1.807, 2.05) is 17.7 Å². The lowest BCUT2D eigenvalue weighted by Gasteiger charge is -2.32. The fourth-order valence-corrected chi connectivity index (χ4v) is 5.31. The number of likely N-dealkylation sites (tertiary alicyclic amines) is 1. The Morgan fingerprint density at radius 1 is 1.13 bits per heavy atom. The maximum Gasteiger partial charge on any atom is 0.354 e. The smallest absolute Gasteiger partial charge is 0.354 e. The summed E-state index contributed by atoms with van der Waals surface area (Å²) in [5.41, 5.74) is 2.14. The molecule has 4 aromatic rings. The molecule has 11 heteroatoms. The third kappa shape index (κ3) is 5.01. The fourth-order valence-electron chi connectivity index (χ4n) is 5.31. The molecule has 39 heavy (non-hydrogen) atoms. The van der Waals surface area contributed by atoms with Crippen molar-refractivity contribution < 1.29 is 13.6 Å². The molecule has 0 spiro atoms. The Hall–Kier alpha value is -4.12. The molecular weight excluding hydrogens is 504 g/mol. The molecule has 4 heterocycles. The average Bonchev–Trinajstić information content (AvgIpc) is 3.23. The van der Waals surface area contributed by atoms with Gasteiger partial charge in [-0.3, -0.25) is 14.3 Å². The molecule has 204 valence electrons. The van der Waals surface area contributed by atoms with Gasteiger partial charge in [0.1, 0.15) is 23.1 Å². The van der Waals surface area contributed by atoms with Crippen molar-refractivity contribution in [2.24, 2.45) is 7.05 Å². The van der Waals surface area contributed by atoms with Crippen LogP contribution in [0.2, 0.25) is 0 Å². The predicted octanol–water partition coefficient (Wildman–Crippen LogP) is 3.52. The van der Waals surface area contributed by atoms with Crippen LogP contribution in [0.15, 0.2) is 47.5 Å². The Labute approximate surface area is 224 Å². The standard InChI is InChI=1S/C28H31F2N7O2/c1-31-24-8-12-37(28(39)33-24)23-5-9-32-26-20(23)15-19(35(26)4)16-36-10-6-17(7-11-36)25-21(29)13-18(14-22(25)30)27(38)34(2)3/h5,8-9,12-15,17H,6-7,10-11,16H2,1-4H3,(H,31,33,39). The Balaban J connectivity index is 1.34. The molecule has 3 aromatic heterocycles. The number of rotatable bonds is 6. The van der Waals surface area contributed by atoms with E-state index in [4.69, 9.17) is 0 Å². The van der Waals surface area contributed by atoms with E-state index < -0.39 is 17.5 Å². The first-order valence-corrected chi connectivity index (χ1v) is 12.8. The number of benzene rings is 1. The minimum atomic E-state index is -0.668.